The molecule has 0 spiro atoms. The van der Waals surface area contributed by atoms with Gasteiger partial charge in [0.05, 0.1) is 5.57 Å². The highest BCUT2D eigenvalue weighted by Crippen LogP contribution is 2.31. The largest absolute Gasteiger partial charge is 0.416 e. The van der Waals surface area contributed by atoms with E-state index in [1.165, 1.54) is 18.3 Å². The molecule has 0 fully saturated rings. The van der Waals surface area contributed by atoms with Crippen molar-refractivity contribution in [3.05, 3.63) is 36.7 Å². The summed E-state index contributed by atoms with van der Waals surface area (Å²) in [5.41, 5.74) is -0.861. The van der Waals surface area contributed by atoms with Gasteiger partial charge in [0, 0.05) is 18.0 Å². The van der Waals surface area contributed by atoms with Crippen molar-refractivity contribution in [3.8, 4) is 0 Å². The third-order valence-corrected chi connectivity index (χ3v) is 1.35. The van der Waals surface area contributed by atoms with Crippen LogP contribution in [0.5, 0.6) is 0 Å². The zero-order chi connectivity index (χ0) is 9.19. The maximum Gasteiger partial charge on any atom is 0.416 e. The van der Waals surface area contributed by atoms with Gasteiger partial charge in [0.2, 0.25) is 0 Å². The van der Waals surface area contributed by atoms with E-state index in [9.17, 15) is 13.2 Å². The van der Waals surface area contributed by atoms with Crippen molar-refractivity contribution in [3.63, 3.8) is 0 Å². The van der Waals surface area contributed by atoms with Crippen molar-refractivity contribution in [2.24, 2.45) is 0 Å². The summed E-state index contributed by atoms with van der Waals surface area (Å²) in [6.07, 6.45) is -1.83. The van der Waals surface area contributed by atoms with Crippen molar-refractivity contribution in [2.75, 3.05) is 0 Å². The van der Waals surface area contributed by atoms with Gasteiger partial charge in [-0.05, 0) is 6.07 Å². The maximum absolute atomic E-state index is 12.0. The maximum atomic E-state index is 12.0. The summed E-state index contributed by atoms with van der Waals surface area (Å²) in [5, 5.41) is 0. The summed E-state index contributed by atoms with van der Waals surface area (Å²) in [7, 11) is 0. The predicted octanol–water partition coefficient (Wildman–Crippen LogP) is 2.66. The van der Waals surface area contributed by atoms with Gasteiger partial charge in [-0.2, -0.15) is 13.2 Å². The molecule has 0 bridgehead atoms. The molecule has 1 aromatic rings. The Morgan fingerprint density at radius 2 is 2.08 bits per heavy atom. The van der Waals surface area contributed by atoms with E-state index in [4.69, 9.17) is 0 Å². The molecule has 1 nitrogen and oxygen atoms in total. The molecule has 0 radical (unpaired) electrons. The third-order valence-electron chi connectivity index (χ3n) is 1.35. The molecule has 0 atom stereocenters. The van der Waals surface area contributed by atoms with E-state index in [2.05, 4.69) is 11.6 Å². The van der Waals surface area contributed by atoms with Crippen LogP contribution in [0.4, 0.5) is 13.2 Å². The van der Waals surface area contributed by atoms with Gasteiger partial charge in [0.1, 0.15) is 0 Å². The average molecular weight is 173 g/mol. The van der Waals surface area contributed by atoms with Crippen molar-refractivity contribution in [1.82, 2.24) is 4.98 Å². The van der Waals surface area contributed by atoms with E-state index in [-0.39, 0.29) is 5.56 Å². The molecule has 1 rings (SSSR count). The highest BCUT2D eigenvalue weighted by molar-refractivity contribution is 5.66. The molecule has 0 amide bonds. The van der Waals surface area contributed by atoms with Crippen LogP contribution in [0.3, 0.4) is 0 Å². The normalized spacial score (nSPS) is 11.2. The van der Waals surface area contributed by atoms with Crippen LogP contribution < -0.4 is 0 Å². The van der Waals surface area contributed by atoms with Crippen LogP contribution in [0.1, 0.15) is 5.56 Å². The van der Waals surface area contributed by atoms with Gasteiger partial charge in [0.25, 0.3) is 0 Å². The fourth-order valence-electron chi connectivity index (χ4n) is 0.705. The number of allylic oxidation sites excluding steroid dienone is 1. The monoisotopic (exact) mass is 173 g/mol. The number of nitrogens with zero attached hydrogens (tertiary/aromatic N) is 1. The first-order valence-electron chi connectivity index (χ1n) is 3.18. The summed E-state index contributed by atoms with van der Waals surface area (Å²) < 4.78 is 36.0. The van der Waals surface area contributed by atoms with Crippen molar-refractivity contribution in [2.45, 2.75) is 6.18 Å². The van der Waals surface area contributed by atoms with Crippen LogP contribution in [0.25, 0.3) is 5.57 Å². The summed E-state index contributed by atoms with van der Waals surface area (Å²) in [6, 6.07) is 2.76. The lowest BCUT2D eigenvalue weighted by Gasteiger charge is -2.08. The van der Waals surface area contributed by atoms with Gasteiger partial charge in [-0.15, -0.1) is 0 Å². The molecular weight excluding hydrogens is 167 g/mol. The Morgan fingerprint density at radius 1 is 1.42 bits per heavy atom. The minimum Gasteiger partial charge on any atom is -0.264 e. The fourth-order valence-corrected chi connectivity index (χ4v) is 0.705. The van der Waals surface area contributed by atoms with Crippen molar-refractivity contribution in [1.29, 1.82) is 0 Å². The highest BCUT2D eigenvalue weighted by atomic mass is 19.4. The smallest absolute Gasteiger partial charge is 0.264 e. The van der Waals surface area contributed by atoms with E-state index < -0.39 is 11.7 Å². The van der Waals surface area contributed by atoms with Crippen molar-refractivity contribution >= 4 is 5.57 Å². The molecule has 64 valence electrons. The van der Waals surface area contributed by atoms with Crippen molar-refractivity contribution < 1.29 is 13.2 Å². The number of pyridine rings is 1. The molecule has 0 aliphatic heterocycles. The first-order valence-corrected chi connectivity index (χ1v) is 3.18. The minimum atomic E-state index is -4.37. The van der Waals surface area contributed by atoms with Crippen LogP contribution in [0.15, 0.2) is 31.1 Å². The molecule has 1 heterocycles. The Bertz CT molecular complexity index is 276. The van der Waals surface area contributed by atoms with Gasteiger partial charge < -0.3 is 0 Å². The molecule has 0 saturated carbocycles. The molecule has 0 N–H and O–H groups in total. The lowest BCUT2D eigenvalue weighted by Crippen LogP contribution is -2.09. The number of hydrogen-bond donors (Lipinski definition) is 0. The zero-order valence-corrected chi connectivity index (χ0v) is 6.10. The molecular formula is C8H6F3N. The van der Waals surface area contributed by atoms with Gasteiger partial charge >= 0.3 is 6.18 Å². The van der Waals surface area contributed by atoms with E-state index in [0.717, 1.165) is 6.20 Å². The topological polar surface area (TPSA) is 12.9 Å². The second-order valence-corrected chi connectivity index (χ2v) is 2.22. The van der Waals surface area contributed by atoms with Gasteiger partial charge in [0.15, 0.2) is 0 Å². The first-order chi connectivity index (χ1) is 5.52. The third kappa shape index (κ3) is 1.84. The molecule has 0 unspecified atom stereocenters. The van der Waals surface area contributed by atoms with Crippen LogP contribution in [0, 0.1) is 0 Å². The van der Waals surface area contributed by atoms with Crippen LogP contribution in [-0.2, 0) is 0 Å². The second-order valence-electron chi connectivity index (χ2n) is 2.22. The van der Waals surface area contributed by atoms with E-state index >= 15 is 0 Å². The van der Waals surface area contributed by atoms with Gasteiger partial charge in [-0.1, -0.05) is 12.6 Å². The molecule has 12 heavy (non-hydrogen) atoms. The second kappa shape index (κ2) is 2.97. The molecule has 0 aliphatic rings. The summed E-state index contributed by atoms with van der Waals surface area (Å²) >= 11 is 0. The van der Waals surface area contributed by atoms with Crippen LogP contribution >= 0.6 is 0 Å². The average Bonchev–Trinajstić information content (AvgIpc) is 2.03. The van der Waals surface area contributed by atoms with Gasteiger partial charge in [-0.3, -0.25) is 4.98 Å². The number of halogens is 3. The Labute approximate surface area is 67.6 Å². The van der Waals surface area contributed by atoms with Crippen LogP contribution in [-0.4, -0.2) is 11.2 Å². The SMILES string of the molecule is C=C(c1cccnc1)C(F)(F)F. The quantitative estimate of drug-likeness (QED) is 0.636. The number of rotatable bonds is 1. The van der Waals surface area contributed by atoms with Crippen LogP contribution in [0.2, 0.25) is 0 Å². The lowest BCUT2D eigenvalue weighted by atomic mass is 10.1. The Kier molecular flexibility index (Phi) is 2.17. The van der Waals surface area contributed by atoms with E-state index in [1.807, 2.05) is 0 Å². The Balaban J connectivity index is 2.94. The summed E-state index contributed by atoms with van der Waals surface area (Å²) in [4.78, 5) is 3.56. The predicted molar refractivity (Wildman–Crippen MR) is 39.3 cm³/mol. The summed E-state index contributed by atoms with van der Waals surface area (Å²) in [5.74, 6) is 0. The number of alkyl halides is 3. The summed E-state index contributed by atoms with van der Waals surface area (Å²) in [6.45, 7) is 2.93. The fraction of sp³-hybridized carbons (Fsp3) is 0.125. The zero-order valence-electron chi connectivity index (χ0n) is 6.10. The van der Waals surface area contributed by atoms with Gasteiger partial charge in [-0.25, -0.2) is 0 Å². The molecule has 4 heteroatoms. The highest BCUT2D eigenvalue weighted by Gasteiger charge is 2.32. The minimum absolute atomic E-state index is 0.00463. The molecule has 0 aliphatic carbocycles. The Hall–Kier alpha value is -1.32. The van der Waals surface area contributed by atoms with E-state index in [1.54, 1.807) is 0 Å². The molecule has 0 aromatic carbocycles. The molecule has 0 saturated heterocycles. The Morgan fingerprint density at radius 3 is 2.50 bits per heavy atom. The number of hydrogen-bond acceptors (Lipinski definition) is 1. The first kappa shape index (κ1) is 8.77. The molecule has 1 aromatic heterocycles. The number of aromatic nitrogens is 1. The standard InChI is InChI=1S/C8H6F3N/c1-6(8(9,10)11)7-3-2-4-12-5-7/h2-5H,1H2. The lowest BCUT2D eigenvalue weighted by molar-refractivity contribution is -0.0686. The van der Waals surface area contributed by atoms with E-state index in [0.29, 0.717) is 0 Å².